The highest BCUT2D eigenvalue weighted by Gasteiger charge is 2.06. The fraction of sp³-hybridized carbons (Fsp3) is 0.158. The lowest BCUT2D eigenvalue weighted by Gasteiger charge is -2.07. The zero-order valence-electron chi connectivity index (χ0n) is 14.2. The van der Waals surface area contributed by atoms with Crippen molar-refractivity contribution in [1.29, 1.82) is 0 Å². The molecule has 0 saturated carbocycles. The van der Waals surface area contributed by atoms with Crippen molar-refractivity contribution >= 4 is 12.0 Å². The van der Waals surface area contributed by atoms with E-state index >= 15 is 0 Å². The molecule has 0 spiro atoms. The molecular formula is C19H19N5O. The first-order valence-electron chi connectivity index (χ1n) is 7.87. The van der Waals surface area contributed by atoms with Crippen molar-refractivity contribution in [2.75, 3.05) is 12.5 Å². The maximum atomic E-state index is 5.19. The third-order valence-corrected chi connectivity index (χ3v) is 3.44. The van der Waals surface area contributed by atoms with E-state index in [9.17, 15) is 0 Å². The summed E-state index contributed by atoms with van der Waals surface area (Å²) in [6, 6.07) is 13.7. The van der Waals surface area contributed by atoms with E-state index in [4.69, 9.17) is 4.74 Å². The number of rotatable bonds is 6. The van der Waals surface area contributed by atoms with Gasteiger partial charge in [0.1, 0.15) is 0 Å². The van der Waals surface area contributed by atoms with Gasteiger partial charge in [0, 0.05) is 31.1 Å². The molecule has 6 nitrogen and oxygen atoms in total. The van der Waals surface area contributed by atoms with Gasteiger partial charge < -0.3 is 4.74 Å². The van der Waals surface area contributed by atoms with Gasteiger partial charge in [0.05, 0.1) is 18.5 Å². The highest BCUT2D eigenvalue weighted by atomic mass is 16.5. The number of anilines is 1. The van der Waals surface area contributed by atoms with Gasteiger partial charge in [0.15, 0.2) is 11.6 Å². The van der Waals surface area contributed by atoms with E-state index in [-0.39, 0.29) is 0 Å². The van der Waals surface area contributed by atoms with E-state index in [1.807, 2.05) is 43.3 Å². The van der Waals surface area contributed by atoms with Crippen LogP contribution in [0.25, 0.3) is 11.4 Å². The Kier molecular flexibility index (Phi) is 5.43. The van der Waals surface area contributed by atoms with E-state index in [1.54, 1.807) is 25.7 Å². The number of nitrogens with zero attached hydrogens (tertiary/aromatic N) is 4. The molecular weight excluding hydrogens is 314 g/mol. The van der Waals surface area contributed by atoms with Crippen LogP contribution in [0.4, 0.5) is 5.82 Å². The molecule has 0 aliphatic carbocycles. The topological polar surface area (TPSA) is 72.3 Å². The summed E-state index contributed by atoms with van der Waals surface area (Å²) in [5.41, 5.74) is 6.84. The predicted molar refractivity (Wildman–Crippen MR) is 98.4 cm³/mol. The number of hydrogen-bond donors (Lipinski definition) is 1. The van der Waals surface area contributed by atoms with Crippen LogP contribution in [-0.2, 0) is 11.3 Å². The summed E-state index contributed by atoms with van der Waals surface area (Å²) in [5.74, 6) is 1.21. The van der Waals surface area contributed by atoms with Crippen molar-refractivity contribution in [2.24, 2.45) is 5.10 Å². The van der Waals surface area contributed by atoms with E-state index in [2.05, 4.69) is 31.5 Å². The van der Waals surface area contributed by atoms with Crippen LogP contribution in [0.2, 0.25) is 0 Å². The Morgan fingerprint density at radius 1 is 1.12 bits per heavy atom. The summed E-state index contributed by atoms with van der Waals surface area (Å²) >= 11 is 0. The highest BCUT2D eigenvalue weighted by molar-refractivity contribution is 5.80. The molecule has 0 unspecified atom stereocenters. The second-order valence-electron chi connectivity index (χ2n) is 5.52. The Morgan fingerprint density at radius 2 is 1.96 bits per heavy atom. The summed E-state index contributed by atoms with van der Waals surface area (Å²) in [5, 5.41) is 4.27. The average Bonchev–Trinajstić information content (AvgIpc) is 2.63. The van der Waals surface area contributed by atoms with Gasteiger partial charge in [-0.25, -0.2) is 9.97 Å². The number of aromatic nitrogens is 3. The van der Waals surface area contributed by atoms with Gasteiger partial charge in [-0.2, -0.15) is 5.10 Å². The molecule has 0 bridgehead atoms. The second kappa shape index (κ2) is 8.12. The summed E-state index contributed by atoms with van der Waals surface area (Å²) in [4.78, 5) is 13.1. The first-order chi connectivity index (χ1) is 12.2. The smallest absolute Gasteiger partial charge is 0.162 e. The number of ether oxygens (including phenoxy) is 1. The average molecular weight is 333 g/mol. The Balaban J connectivity index is 1.83. The SMILES string of the molecule is COCc1cc(NN=Cc2cccc(C)c2)nc(-c2ccncc2)n1. The number of hydrogen-bond acceptors (Lipinski definition) is 6. The lowest BCUT2D eigenvalue weighted by Crippen LogP contribution is -2.02. The zero-order chi connectivity index (χ0) is 17.5. The molecule has 6 heteroatoms. The largest absolute Gasteiger partial charge is 0.378 e. The third-order valence-electron chi connectivity index (χ3n) is 3.44. The number of pyridine rings is 1. The molecule has 0 aliphatic heterocycles. The molecule has 0 amide bonds. The van der Waals surface area contributed by atoms with E-state index in [0.717, 1.165) is 16.8 Å². The van der Waals surface area contributed by atoms with Crippen LogP contribution in [0.15, 0.2) is 60.0 Å². The maximum absolute atomic E-state index is 5.19. The van der Waals surface area contributed by atoms with E-state index < -0.39 is 0 Å². The lowest BCUT2D eigenvalue weighted by molar-refractivity contribution is 0.181. The molecule has 126 valence electrons. The van der Waals surface area contributed by atoms with Gasteiger partial charge in [0.25, 0.3) is 0 Å². The van der Waals surface area contributed by atoms with Gasteiger partial charge >= 0.3 is 0 Å². The Labute approximate surface area is 146 Å². The van der Waals surface area contributed by atoms with Crippen molar-refractivity contribution in [1.82, 2.24) is 15.0 Å². The molecule has 25 heavy (non-hydrogen) atoms. The van der Waals surface area contributed by atoms with Crippen molar-refractivity contribution in [3.8, 4) is 11.4 Å². The number of nitrogens with one attached hydrogen (secondary N) is 1. The van der Waals surface area contributed by atoms with Crippen molar-refractivity contribution in [2.45, 2.75) is 13.5 Å². The second-order valence-corrected chi connectivity index (χ2v) is 5.52. The molecule has 1 N–H and O–H groups in total. The van der Waals surface area contributed by atoms with Crippen LogP contribution in [-0.4, -0.2) is 28.3 Å². The van der Waals surface area contributed by atoms with Crippen molar-refractivity contribution in [3.63, 3.8) is 0 Å². The lowest BCUT2D eigenvalue weighted by atomic mass is 10.2. The van der Waals surface area contributed by atoms with Crippen LogP contribution in [0.1, 0.15) is 16.8 Å². The number of hydrazone groups is 1. The van der Waals surface area contributed by atoms with E-state index in [0.29, 0.717) is 18.2 Å². The van der Waals surface area contributed by atoms with Crippen LogP contribution >= 0.6 is 0 Å². The zero-order valence-corrected chi connectivity index (χ0v) is 14.2. The molecule has 0 fully saturated rings. The van der Waals surface area contributed by atoms with Crippen molar-refractivity contribution < 1.29 is 4.74 Å². The summed E-state index contributed by atoms with van der Waals surface area (Å²) < 4.78 is 5.19. The molecule has 0 aliphatic rings. The van der Waals surface area contributed by atoms with Crippen molar-refractivity contribution in [3.05, 3.63) is 71.7 Å². The summed E-state index contributed by atoms with van der Waals surface area (Å²) in [6.07, 6.45) is 5.19. The van der Waals surface area contributed by atoms with Gasteiger partial charge in [-0.15, -0.1) is 0 Å². The van der Waals surface area contributed by atoms with E-state index in [1.165, 1.54) is 5.56 Å². The predicted octanol–water partition coefficient (Wildman–Crippen LogP) is 3.44. The normalized spacial score (nSPS) is 11.0. The summed E-state index contributed by atoms with van der Waals surface area (Å²) in [6.45, 7) is 2.45. The maximum Gasteiger partial charge on any atom is 0.162 e. The van der Waals surface area contributed by atoms with Crippen LogP contribution in [0, 0.1) is 6.92 Å². The minimum absolute atomic E-state index is 0.400. The number of aryl methyl sites for hydroxylation is 1. The first-order valence-corrected chi connectivity index (χ1v) is 7.87. The Bertz CT molecular complexity index is 865. The molecule has 0 saturated heterocycles. The van der Waals surface area contributed by atoms with Gasteiger partial charge in [-0.1, -0.05) is 29.8 Å². The monoisotopic (exact) mass is 333 g/mol. The fourth-order valence-electron chi connectivity index (χ4n) is 2.33. The molecule has 2 aromatic heterocycles. The molecule has 1 aromatic carbocycles. The minimum atomic E-state index is 0.400. The van der Waals surface area contributed by atoms with Gasteiger partial charge in [0.2, 0.25) is 0 Å². The first kappa shape index (κ1) is 16.7. The highest BCUT2D eigenvalue weighted by Crippen LogP contribution is 2.17. The quantitative estimate of drug-likeness (QED) is 0.552. The molecule has 3 aromatic rings. The molecule has 0 atom stereocenters. The van der Waals surface area contributed by atoms with Crippen LogP contribution in [0.3, 0.4) is 0 Å². The summed E-state index contributed by atoms with van der Waals surface area (Å²) in [7, 11) is 1.64. The molecule has 2 heterocycles. The number of methoxy groups -OCH3 is 1. The molecule has 0 radical (unpaired) electrons. The molecule has 3 rings (SSSR count). The van der Waals surface area contributed by atoms with Gasteiger partial charge in [-0.3, -0.25) is 10.4 Å². The van der Waals surface area contributed by atoms with Gasteiger partial charge in [-0.05, 0) is 24.6 Å². The van der Waals surface area contributed by atoms with Crippen LogP contribution < -0.4 is 5.43 Å². The van der Waals surface area contributed by atoms with Crippen LogP contribution in [0.5, 0.6) is 0 Å². The Hall–Kier alpha value is -3.12. The minimum Gasteiger partial charge on any atom is -0.378 e. The number of benzene rings is 1. The third kappa shape index (κ3) is 4.68. The Morgan fingerprint density at radius 3 is 2.72 bits per heavy atom. The standard InChI is InChI=1S/C19H19N5O/c1-14-4-3-5-15(10-14)12-21-24-18-11-17(13-25-2)22-19(23-18)16-6-8-20-9-7-16/h3-12H,13H2,1-2H3,(H,22,23,24). The fourth-order valence-corrected chi connectivity index (χ4v) is 2.33.